The van der Waals surface area contributed by atoms with Gasteiger partial charge in [0.2, 0.25) is 0 Å². The molecule has 0 saturated carbocycles. The van der Waals surface area contributed by atoms with E-state index in [1.807, 2.05) is 47.7 Å². The van der Waals surface area contributed by atoms with Crippen molar-refractivity contribution < 1.29 is 4.79 Å². The van der Waals surface area contributed by atoms with Gasteiger partial charge in [-0.1, -0.05) is 23.7 Å². The van der Waals surface area contributed by atoms with Crippen LogP contribution in [-0.4, -0.2) is 33.9 Å². The number of hydrogen-bond donors (Lipinski definition) is 0. The summed E-state index contributed by atoms with van der Waals surface area (Å²) in [6.45, 7) is 3.44. The van der Waals surface area contributed by atoms with Gasteiger partial charge in [-0.2, -0.15) is 0 Å². The van der Waals surface area contributed by atoms with Gasteiger partial charge in [0.1, 0.15) is 9.88 Å². The molecule has 1 saturated heterocycles. The molecule has 1 aliphatic rings. The lowest BCUT2D eigenvalue weighted by Gasteiger charge is -2.31. The SMILES string of the molecule is Cc1nc(-c2ccc(Cl)cc2)sc1C(=O)N1CCCC(c2nccs2)C1. The summed E-state index contributed by atoms with van der Waals surface area (Å²) >= 11 is 9.10. The van der Waals surface area contributed by atoms with Gasteiger partial charge in [-0.05, 0) is 31.9 Å². The van der Waals surface area contributed by atoms with Gasteiger partial charge in [0.05, 0.1) is 10.7 Å². The lowest BCUT2D eigenvalue weighted by molar-refractivity contribution is 0.0711. The zero-order valence-corrected chi connectivity index (χ0v) is 16.7. The van der Waals surface area contributed by atoms with E-state index in [1.165, 1.54) is 11.3 Å². The van der Waals surface area contributed by atoms with E-state index in [4.69, 9.17) is 11.6 Å². The highest BCUT2D eigenvalue weighted by Crippen LogP contribution is 2.32. The Morgan fingerprint density at radius 3 is 2.85 bits per heavy atom. The number of carbonyl (C=O) groups is 1. The second kappa shape index (κ2) is 7.47. The van der Waals surface area contributed by atoms with Crippen LogP contribution in [0.5, 0.6) is 0 Å². The number of aryl methyl sites for hydroxylation is 1. The first-order valence-electron chi connectivity index (χ1n) is 8.54. The number of halogens is 1. The van der Waals surface area contributed by atoms with Crippen molar-refractivity contribution in [2.45, 2.75) is 25.7 Å². The lowest BCUT2D eigenvalue weighted by Crippen LogP contribution is -2.39. The maximum Gasteiger partial charge on any atom is 0.265 e. The molecule has 134 valence electrons. The fraction of sp³-hybridized carbons (Fsp3) is 0.316. The highest BCUT2D eigenvalue weighted by molar-refractivity contribution is 7.17. The Kier molecular flexibility index (Phi) is 5.07. The van der Waals surface area contributed by atoms with E-state index in [2.05, 4.69) is 9.97 Å². The Bertz CT molecular complexity index is 906. The minimum absolute atomic E-state index is 0.0847. The number of piperidine rings is 1. The van der Waals surface area contributed by atoms with Crippen LogP contribution >= 0.6 is 34.3 Å². The molecular formula is C19H18ClN3OS2. The first-order valence-corrected chi connectivity index (χ1v) is 10.6. The Hall–Kier alpha value is -1.76. The number of thiazole rings is 2. The van der Waals surface area contributed by atoms with Crippen LogP contribution in [0.15, 0.2) is 35.8 Å². The van der Waals surface area contributed by atoms with Gasteiger partial charge < -0.3 is 4.90 Å². The summed E-state index contributed by atoms with van der Waals surface area (Å²) in [5.41, 5.74) is 1.78. The average Bonchev–Trinajstić information content (AvgIpc) is 3.32. The van der Waals surface area contributed by atoms with Crippen LogP contribution in [0.4, 0.5) is 0 Å². The van der Waals surface area contributed by atoms with Crippen LogP contribution in [0, 0.1) is 6.92 Å². The molecule has 2 aromatic heterocycles. The van der Waals surface area contributed by atoms with E-state index in [0.717, 1.165) is 52.1 Å². The number of aromatic nitrogens is 2. The van der Waals surface area contributed by atoms with E-state index in [-0.39, 0.29) is 5.91 Å². The predicted octanol–water partition coefficient (Wildman–Crippen LogP) is 5.25. The van der Waals surface area contributed by atoms with Crippen molar-refractivity contribution in [3.05, 3.63) is 56.4 Å². The Morgan fingerprint density at radius 2 is 2.12 bits per heavy atom. The molecule has 1 aromatic carbocycles. The second-order valence-corrected chi connectivity index (χ2v) is 8.76. The summed E-state index contributed by atoms with van der Waals surface area (Å²) in [6.07, 6.45) is 3.94. The van der Waals surface area contributed by atoms with Crippen molar-refractivity contribution in [2.24, 2.45) is 0 Å². The number of carbonyl (C=O) groups excluding carboxylic acids is 1. The largest absolute Gasteiger partial charge is 0.337 e. The molecule has 4 rings (SSSR count). The first-order chi connectivity index (χ1) is 12.6. The zero-order chi connectivity index (χ0) is 18.1. The fourth-order valence-corrected chi connectivity index (χ4v) is 5.19. The summed E-state index contributed by atoms with van der Waals surface area (Å²) in [7, 11) is 0. The average molecular weight is 404 g/mol. The number of benzene rings is 1. The normalized spacial score (nSPS) is 17.5. The van der Waals surface area contributed by atoms with Crippen LogP contribution in [0.3, 0.4) is 0 Å². The van der Waals surface area contributed by atoms with Crippen molar-refractivity contribution >= 4 is 40.2 Å². The van der Waals surface area contributed by atoms with Gasteiger partial charge in [0, 0.05) is 41.2 Å². The van der Waals surface area contributed by atoms with Gasteiger partial charge in [-0.15, -0.1) is 22.7 Å². The molecule has 1 atom stereocenters. The highest BCUT2D eigenvalue weighted by atomic mass is 35.5. The lowest BCUT2D eigenvalue weighted by atomic mass is 9.98. The number of hydrogen-bond acceptors (Lipinski definition) is 5. The number of likely N-dealkylation sites (tertiary alicyclic amines) is 1. The van der Waals surface area contributed by atoms with Gasteiger partial charge in [-0.3, -0.25) is 4.79 Å². The molecule has 3 aromatic rings. The third kappa shape index (κ3) is 3.54. The van der Waals surface area contributed by atoms with E-state index < -0.39 is 0 Å². The van der Waals surface area contributed by atoms with Gasteiger partial charge in [-0.25, -0.2) is 9.97 Å². The third-order valence-electron chi connectivity index (χ3n) is 4.59. The summed E-state index contributed by atoms with van der Waals surface area (Å²) in [6, 6.07) is 7.57. The second-order valence-electron chi connectivity index (χ2n) is 6.40. The summed E-state index contributed by atoms with van der Waals surface area (Å²) < 4.78 is 0. The molecule has 1 aliphatic heterocycles. The Labute approximate surface area is 165 Å². The molecule has 0 N–H and O–H groups in total. The molecule has 1 fully saturated rings. The summed E-state index contributed by atoms with van der Waals surface area (Å²) in [5.74, 6) is 0.429. The van der Waals surface area contributed by atoms with Crippen LogP contribution < -0.4 is 0 Å². The topological polar surface area (TPSA) is 46.1 Å². The molecular weight excluding hydrogens is 386 g/mol. The number of rotatable bonds is 3. The number of amides is 1. The van der Waals surface area contributed by atoms with Crippen LogP contribution in [-0.2, 0) is 0 Å². The quantitative estimate of drug-likeness (QED) is 0.600. The van der Waals surface area contributed by atoms with E-state index in [9.17, 15) is 4.79 Å². The minimum Gasteiger partial charge on any atom is -0.337 e. The highest BCUT2D eigenvalue weighted by Gasteiger charge is 2.29. The molecule has 3 heterocycles. The zero-order valence-electron chi connectivity index (χ0n) is 14.3. The molecule has 1 amide bonds. The summed E-state index contributed by atoms with van der Waals surface area (Å²) in [5, 5.41) is 4.68. The van der Waals surface area contributed by atoms with Crippen LogP contribution in [0.25, 0.3) is 10.6 Å². The maximum absolute atomic E-state index is 13.1. The van der Waals surface area contributed by atoms with Crippen molar-refractivity contribution in [1.29, 1.82) is 0 Å². The van der Waals surface area contributed by atoms with Gasteiger partial charge in [0.25, 0.3) is 5.91 Å². The van der Waals surface area contributed by atoms with Crippen LogP contribution in [0.2, 0.25) is 5.02 Å². The predicted molar refractivity (Wildman–Crippen MR) is 107 cm³/mol. The molecule has 4 nitrogen and oxygen atoms in total. The van der Waals surface area contributed by atoms with Crippen molar-refractivity contribution in [2.75, 3.05) is 13.1 Å². The summed E-state index contributed by atoms with van der Waals surface area (Å²) in [4.78, 5) is 24.8. The first kappa shape index (κ1) is 17.6. The standard InChI is InChI=1S/C19H18ClN3OS2/c1-12-16(26-18(22-12)13-4-6-15(20)7-5-13)19(24)23-9-2-3-14(11-23)17-21-8-10-25-17/h4-8,10,14H,2-3,9,11H2,1H3. The molecule has 0 spiro atoms. The maximum atomic E-state index is 13.1. The van der Waals surface area contributed by atoms with Gasteiger partial charge in [0.15, 0.2) is 0 Å². The van der Waals surface area contributed by atoms with E-state index >= 15 is 0 Å². The smallest absolute Gasteiger partial charge is 0.265 e. The van der Waals surface area contributed by atoms with Crippen LogP contribution in [0.1, 0.15) is 39.1 Å². The molecule has 7 heteroatoms. The monoisotopic (exact) mass is 403 g/mol. The Balaban J connectivity index is 1.55. The molecule has 0 bridgehead atoms. The number of nitrogens with zero attached hydrogens (tertiary/aromatic N) is 3. The van der Waals surface area contributed by atoms with Crippen molar-refractivity contribution in [3.8, 4) is 10.6 Å². The van der Waals surface area contributed by atoms with Gasteiger partial charge >= 0.3 is 0 Å². The van der Waals surface area contributed by atoms with Crippen molar-refractivity contribution in [1.82, 2.24) is 14.9 Å². The molecule has 0 radical (unpaired) electrons. The Morgan fingerprint density at radius 1 is 1.31 bits per heavy atom. The van der Waals surface area contributed by atoms with E-state index in [0.29, 0.717) is 10.9 Å². The molecule has 26 heavy (non-hydrogen) atoms. The molecule has 1 unspecified atom stereocenters. The third-order valence-corrected chi connectivity index (χ3v) is 6.98. The fourth-order valence-electron chi connectivity index (χ4n) is 3.25. The van der Waals surface area contributed by atoms with Crippen molar-refractivity contribution in [3.63, 3.8) is 0 Å². The minimum atomic E-state index is 0.0847. The molecule has 0 aliphatic carbocycles. The van der Waals surface area contributed by atoms with E-state index in [1.54, 1.807) is 11.3 Å².